The van der Waals surface area contributed by atoms with Gasteiger partial charge in [-0.2, -0.15) is 0 Å². The van der Waals surface area contributed by atoms with Gasteiger partial charge in [-0.3, -0.25) is 0 Å². The van der Waals surface area contributed by atoms with Crippen molar-refractivity contribution in [2.45, 2.75) is 51.5 Å². The van der Waals surface area contributed by atoms with Crippen molar-refractivity contribution in [3.63, 3.8) is 0 Å². The topological polar surface area (TPSA) is 29.3 Å². The number of hydrogen-bond acceptors (Lipinski definition) is 2. The van der Waals surface area contributed by atoms with Gasteiger partial charge in [-0.15, -0.1) is 0 Å². The molecule has 0 spiro atoms. The average molecular weight is 184 g/mol. The maximum Gasteiger partial charge on any atom is 0.00674 e. The maximum atomic E-state index is 5.44. The highest BCUT2D eigenvalue weighted by Crippen LogP contribution is 2.16. The van der Waals surface area contributed by atoms with Crippen molar-refractivity contribution in [2.75, 3.05) is 19.6 Å². The Labute approximate surface area is 82.5 Å². The van der Waals surface area contributed by atoms with Crippen molar-refractivity contribution in [1.29, 1.82) is 0 Å². The summed E-state index contributed by atoms with van der Waals surface area (Å²) >= 11 is 0. The highest BCUT2D eigenvalue weighted by Gasteiger charge is 2.18. The van der Waals surface area contributed by atoms with E-state index in [4.69, 9.17) is 5.73 Å². The summed E-state index contributed by atoms with van der Waals surface area (Å²) in [5.41, 5.74) is 5.44. The molecule has 1 aliphatic heterocycles. The first-order valence-corrected chi connectivity index (χ1v) is 5.78. The van der Waals surface area contributed by atoms with Crippen molar-refractivity contribution >= 4 is 0 Å². The van der Waals surface area contributed by atoms with Crippen LogP contribution < -0.4 is 5.73 Å². The minimum Gasteiger partial charge on any atom is -0.330 e. The number of nitrogens with zero attached hydrogens (tertiary/aromatic N) is 1. The van der Waals surface area contributed by atoms with E-state index < -0.39 is 0 Å². The first-order valence-electron chi connectivity index (χ1n) is 5.78. The molecule has 0 aromatic carbocycles. The van der Waals surface area contributed by atoms with Gasteiger partial charge in [0.2, 0.25) is 0 Å². The molecule has 1 unspecified atom stereocenters. The van der Waals surface area contributed by atoms with Gasteiger partial charge in [0.1, 0.15) is 0 Å². The van der Waals surface area contributed by atoms with E-state index in [1.54, 1.807) is 0 Å². The van der Waals surface area contributed by atoms with Gasteiger partial charge in [-0.1, -0.05) is 12.8 Å². The Kier molecular flexibility index (Phi) is 5.40. The zero-order valence-electron chi connectivity index (χ0n) is 8.97. The average Bonchev–Trinajstić information content (AvgIpc) is 2.52. The van der Waals surface area contributed by atoms with Crippen LogP contribution in [0, 0.1) is 0 Å². The number of rotatable bonds is 6. The fourth-order valence-electron chi connectivity index (χ4n) is 2.14. The number of likely N-dealkylation sites (tertiary alicyclic amines) is 1. The zero-order chi connectivity index (χ0) is 9.52. The van der Waals surface area contributed by atoms with Crippen molar-refractivity contribution in [1.82, 2.24) is 4.90 Å². The Morgan fingerprint density at radius 2 is 2.00 bits per heavy atom. The number of nitrogens with two attached hydrogens (primary N) is 1. The Balaban J connectivity index is 1.93. The molecule has 2 nitrogen and oxygen atoms in total. The molecule has 1 fully saturated rings. The molecular weight excluding hydrogens is 160 g/mol. The minimum absolute atomic E-state index is 0.842. The zero-order valence-corrected chi connectivity index (χ0v) is 8.97. The minimum atomic E-state index is 0.842. The molecule has 0 amide bonds. The van der Waals surface area contributed by atoms with Crippen molar-refractivity contribution in [2.24, 2.45) is 5.73 Å². The van der Waals surface area contributed by atoms with Crippen LogP contribution in [0.25, 0.3) is 0 Å². The molecule has 1 atom stereocenters. The van der Waals surface area contributed by atoms with E-state index in [1.807, 2.05) is 0 Å². The quantitative estimate of drug-likeness (QED) is 0.640. The fraction of sp³-hybridized carbons (Fsp3) is 1.00. The van der Waals surface area contributed by atoms with Crippen LogP contribution in [0.2, 0.25) is 0 Å². The third-order valence-corrected chi connectivity index (χ3v) is 3.09. The highest BCUT2D eigenvalue weighted by atomic mass is 15.2. The van der Waals surface area contributed by atoms with E-state index in [0.717, 1.165) is 12.6 Å². The summed E-state index contributed by atoms with van der Waals surface area (Å²) in [5.74, 6) is 0. The molecule has 0 bridgehead atoms. The Morgan fingerprint density at radius 3 is 2.62 bits per heavy atom. The molecule has 0 aromatic heterocycles. The molecule has 1 saturated heterocycles. The third-order valence-electron chi connectivity index (χ3n) is 3.09. The summed E-state index contributed by atoms with van der Waals surface area (Å²) in [4.78, 5) is 2.63. The van der Waals surface area contributed by atoms with Crippen molar-refractivity contribution in [3.8, 4) is 0 Å². The van der Waals surface area contributed by atoms with Crippen LogP contribution in [0.5, 0.6) is 0 Å². The van der Waals surface area contributed by atoms with E-state index in [2.05, 4.69) is 11.8 Å². The first-order chi connectivity index (χ1) is 6.34. The molecule has 13 heavy (non-hydrogen) atoms. The second-order valence-corrected chi connectivity index (χ2v) is 4.23. The summed E-state index contributed by atoms with van der Waals surface area (Å²) in [5, 5.41) is 0. The van der Waals surface area contributed by atoms with Gasteiger partial charge in [0.15, 0.2) is 0 Å². The molecule has 0 aromatic rings. The molecule has 2 heteroatoms. The normalized spacial score (nSPS) is 24.0. The molecule has 0 radical (unpaired) electrons. The molecule has 2 N–H and O–H groups in total. The van der Waals surface area contributed by atoms with E-state index in [9.17, 15) is 0 Å². The van der Waals surface area contributed by atoms with Crippen LogP contribution in [0.1, 0.15) is 45.4 Å². The van der Waals surface area contributed by atoms with Gasteiger partial charge in [-0.05, 0) is 52.2 Å². The van der Waals surface area contributed by atoms with E-state index >= 15 is 0 Å². The monoisotopic (exact) mass is 184 g/mol. The fourth-order valence-corrected chi connectivity index (χ4v) is 2.14. The standard InChI is InChI=1S/C11H24N2/c1-11-7-6-10-13(11)9-5-3-2-4-8-12/h11H,2-10,12H2,1H3. The lowest BCUT2D eigenvalue weighted by atomic mass is 10.2. The van der Waals surface area contributed by atoms with Crippen molar-refractivity contribution < 1.29 is 0 Å². The number of unbranched alkanes of at least 4 members (excludes halogenated alkanes) is 3. The van der Waals surface area contributed by atoms with Gasteiger partial charge in [0, 0.05) is 6.04 Å². The van der Waals surface area contributed by atoms with Crippen LogP contribution in [-0.2, 0) is 0 Å². The van der Waals surface area contributed by atoms with E-state index in [1.165, 1.54) is 51.6 Å². The molecule has 78 valence electrons. The third kappa shape index (κ3) is 4.10. The molecule has 1 rings (SSSR count). The van der Waals surface area contributed by atoms with Crippen LogP contribution in [-0.4, -0.2) is 30.6 Å². The predicted octanol–water partition coefficient (Wildman–Crippen LogP) is 1.99. The van der Waals surface area contributed by atoms with E-state index in [-0.39, 0.29) is 0 Å². The van der Waals surface area contributed by atoms with Gasteiger partial charge in [-0.25, -0.2) is 0 Å². The molecule has 0 saturated carbocycles. The number of hydrogen-bond donors (Lipinski definition) is 1. The molecular formula is C11H24N2. The van der Waals surface area contributed by atoms with Crippen molar-refractivity contribution in [3.05, 3.63) is 0 Å². The maximum absolute atomic E-state index is 5.44. The summed E-state index contributed by atoms with van der Waals surface area (Å²) in [7, 11) is 0. The molecule has 0 aliphatic carbocycles. The summed E-state index contributed by atoms with van der Waals surface area (Å²) < 4.78 is 0. The van der Waals surface area contributed by atoms with Gasteiger partial charge in [0.25, 0.3) is 0 Å². The van der Waals surface area contributed by atoms with Crippen LogP contribution in [0.15, 0.2) is 0 Å². The lowest BCUT2D eigenvalue weighted by molar-refractivity contribution is 0.262. The Bertz CT molecular complexity index is 125. The van der Waals surface area contributed by atoms with Crippen LogP contribution >= 0.6 is 0 Å². The molecule has 1 aliphatic rings. The first kappa shape index (κ1) is 11.0. The smallest absolute Gasteiger partial charge is 0.00674 e. The summed E-state index contributed by atoms with van der Waals surface area (Å²) in [6, 6.07) is 0.842. The molecule has 1 heterocycles. The van der Waals surface area contributed by atoms with Crippen LogP contribution in [0.3, 0.4) is 0 Å². The Hall–Kier alpha value is -0.0800. The second kappa shape index (κ2) is 6.39. The second-order valence-electron chi connectivity index (χ2n) is 4.23. The van der Waals surface area contributed by atoms with Gasteiger partial charge < -0.3 is 10.6 Å². The van der Waals surface area contributed by atoms with Gasteiger partial charge in [0.05, 0.1) is 0 Å². The van der Waals surface area contributed by atoms with Gasteiger partial charge >= 0.3 is 0 Å². The lowest BCUT2D eigenvalue weighted by Crippen LogP contribution is -2.27. The summed E-state index contributed by atoms with van der Waals surface area (Å²) in [6.45, 7) is 5.86. The largest absolute Gasteiger partial charge is 0.330 e. The van der Waals surface area contributed by atoms with E-state index in [0.29, 0.717) is 0 Å². The van der Waals surface area contributed by atoms with Crippen LogP contribution in [0.4, 0.5) is 0 Å². The predicted molar refractivity (Wildman–Crippen MR) is 57.8 cm³/mol. The highest BCUT2D eigenvalue weighted by molar-refractivity contribution is 4.74. The summed E-state index contributed by atoms with van der Waals surface area (Å²) in [6.07, 6.45) is 8.06. The Morgan fingerprint density at radius 1 is 1.23 bits per heavy atom. The lowest BCUT2D eigenvalue weighted by Gasteiger charge is -2.20. The SMILES string of the molecule is CC1CCCN1CCCCCCN.